The maximum Gasteiger partial charge on any atom is 0.262 e. The van der Waals surface area contributed by atoms with Crippen LogP contribution in [0.25, 0.3) is 0 Å². The van der Waals surface area contributed by atoms with Crippen molar-refractivity contribution in [3.05, 3.63) is 41.7 Å². The number of aromatic nitrogens is 2. The normalized spacial score (nSPS) is 10.2. The lowest BCUT2D eigenvalue weighted by atomic mass is 10.3. The van der Waals surface area contributed by atoms with Gasteiger partial charge in [0.25, 0.3) is 5.91 Å². The second kappa shape index (κ2) is 6.89. The van der Waals surface area contributed by atoms with Crippen molar-refractivity contribution in [1.82, 2.24) is 9.97 Å². The molecule has 2 aromatic rings. The van der Waals surface area contributed by atoms with E-state index >= 15 is 0 Å². The first-order chi connectivity index (χ1) is 10.5. The van der Waals surface area contributed by atoms with Crippen molar-refractivity contribution in [2.24, 2.45) is 0 Å². The number of benzene rings is 1. The number of para-hydroxylation sites is 1. The molecule has 116 valence electrons. The summed E-state index contributed by atoms with van der Waals surface area (Å²) in [6.07, 6.45) is 0. The minimum Gasteiger partial charge on any atom is -0.484 e. The van der Waals surface area contributed by atoms with Crippen LogP contribution in [-0.4, -0.2) is 36.6 Å². The zero-order chi connectivity index (χ0) is 16.1. The molecule has 6 nitrogen and oxygen atoms in total. The third-order valence-electron chi connectivity index (χ3n) is 3.04. The molecule has 0 saturated heterocycles. The molecule has 1 aromatic carbocycles. The van der Waals surface area contributed by atoms with Gasteiger partial charge < -0.3 is 15.0 Å². The number of rotatable bonds is 5. The number of ether oxygens (including phenoxy) is 1. The van der Waals surface area contributed by atoms with Crippen LogP contribution in [-0.2, 0) is 4.79 Å². The number of hydrogen-bond acceptors (Lipinski definition) is 5. The lowest BCUT2D eigenvalue weighted by Crippen LogP contribution is -2.22. The molecule has 0 unspecified atom stereocenters. The number of carbonyl (C=O) groups excluding carboxylic acids is 1. The SMILES string of the molecule is Cc1nc(N(C)C)nc(C)c1NC(=O)COc1ccccc1. The van der Waals surface area contributed by atoms with Gasteiger partial charge >= 0.3 is 0 Å². The van der Waals surface area contributed by atoms with Gasteiger partial charge in [-0.15, -0.1) is 0 Å². The van der Waals surface area contributed by atoms with Crippen molar-refractivity contribution in [2.75, 3.05) is 30.9 Å². The number of carbonyl (C=O) groups is 1. The van der Waals surface area contributed by atoms with Gasteiger partial charge in [-0.3, -0.25) is 4.79 Å². The molecule has 0 spiro atoms. The highest BCUT2D eigenvalue weighted by atomic mass is 16.5. The molecule has 1 amide bonds. The first-order valence-corrected chi connectivity index (χ1v) is 6.97. The first-order valence-electron chi connectivity index (χ1n) is 6.97. The maximum atomic E-state index is 12.0. The number of aryl methyl sites for hydroxylation is 2. The van der Waals surface area contributed by atoms with Crippen LogP contribution in [0, 0.1) is 13.8 Å². The van der Waals surface area contributed by atoms with Gasteiger partial charge in [0.05, 0.1) is 17.1 Å². The Bertz CT molecular complexity index is 633. The Labute approximate surface area is 130 Å². The molecule has 0 saturated carbocycles. The van der Waals surface area contributed by atoms with Crippen molar-refractivity contribution in [2.45, 2.75) is 13.8 Å². The van der Waals surface area contributed by atoms with Crippen LogP contribution in [0.1, 0.15) is 11.4 Å². The summed E-state index contributed by atoms with van der Waals surface area (Å²) in [7, 11) is 3.75. The summed E-state index contributed by atoms with van der Waals surface area (Å²) < 4.78 is 5.42. The molecule has 0 atom stereocenters. The molecule has 0 aliphatic heterocycles. The molecule has 0 aliphatic rings. The van der Waals surface area contributed by atoms with Crippen molar-refractivity contribution in [3.8, 4) is 5.75 Å². The third-order valence-corrected chi connectivity index (χ3v) is 3.04. The fourth-order valence-electron chi connectivity index (χ4n) is 1.92. The molecule has 1 heterocycles. The average molecular weight is 300 g/mol. The average Bonchev–Trinajstić information content (AvgIpc) is 2.49. The molecule has 0 aliphatic carbocycles. The van der Waals surface area contributed by atoms with Gasteiger partial charge in [-0.25, -0.2) is 9.97 Å². The van der Waals surface area contributed by atoms with E-state index in [2.05, 4.69) is 15.3 Å². The van der Waals surface area contributed by atoms with E-state index in [0.717, 1.165) is 11.4 Å². The lowest BCUT2D eigenvalue weighted by molar-refractivity contribution is -0.118. The minimum absolute atomic E-state index is 0.0572. The van der Waals surface area contributed by atoms with Gasteiger partial charge in [-0.2, -0.15) is 0 Å². The monoisotopic (exact) mass is 300 g/mol. The van der Waals surface area contributed by atoms with Crippen molar-refractivity contribution < 1.29 is 9.53 Å². The van der Waals surface area contributed by atoms with Crippen LogP contribution in [0.5, 0.6) is 5.75 Å². The highest BCUT2D eigenvalue weighted by Crippen LogP contribution is 2.19. The Hall–Kier alpha value is -2.63. The van der Waals surface area contributed by atoms with Crippen LogP contribution in [0.3, 0.4) is 0 Å². The van der Waals surface area contributed by atoms with E-state index in [1.165, 1.54) is 0 Å². The molecular weight excluding hydrogens is 280 g/mol. The Balaban J connectivity index is 2.02. The fourth-order valence-corrected chi connectivity index (χ4v) is 1.92. The molecule has 1 N–H and O–H groups in total. The Morgan fingerprint density at radius 3 is 2.27 bits per heavy atom. The summed E-state index contributed by atoms with van der Waals surface area (Å²) in [5.41, 5.74) is 2.08. The number of anilines is 2. The summed E-state index contributed by atoms with van der Waals surface area (Å²) in [5, 5.41) is 2.81. The fraction of sp³-hybridized carbons (Fsp3) is 0.312. The van der Waals surface area contributed by atoms with Gasteiger partial charge in [0.2, 0.25) is 5.95 Å². The highest BCUT2D eigenvalue weighted by Gasteiger charge is 2.12. The molecule has 0 bridgehead atoms. The highest BCUT2D eigenvalue weighted by molar-refractivity contribution is 5.93. The minimum atomic E-state index is -0.240. The lowest BCUT2D eigenvalue weighted by Gasteiger charge is -2.15. The molecule has 0 radical (unpaired) electrons. The van der Waals surface area contributed by atoms with E-state index in [1.54, 1.807) is 12.1 Å². The van der Waals surface area contributed by atoms with Gasteiger partial charge in [0.1, 0.15) is 5.75 Å². The zero-order valence-electron chi connectivity index (χ0n) is 13.3. The third kappa shape index (κ3) is 3.94. The molecule has 1 aromatic heterocycles. The summed E-state index contributed by atoms with van der Waals surface area (Å²) >= 11 is 0. The number of nitrogens with one attached hydrogen (secondary N) is 1. The molecule has 0 fully saturated rings. The maximum absolute atomic E-state index is 12.0. The molecule has 22 heavy (non-hydrogen) atoms. The van der Waals surface area contributed by atoms with Crippen LogP contribution in [0.15, 0.2) is 30.3 Å². The van der Waals surface area contributed by atoms with Gasteiger partial charge in [-0.1, -0.05) is 18.2 Å². The molecule has 2 rings (SSSR count). The smallest absolute Gasteiger partial charge is 0.262 e. The molecular formula is C16H20N4O2. The summed E-state index contributed by atoms with van der Waals surface area (Å²) in [4.78, 5) is 22.6. The van der Waals surface area contributed by atoms with Crippen LogP contribution in [0.2, 0.25) is 0 Å². The van der Waals surface area contributed by atoms with E-state index in [9.17, 15) is 4.79 Å². The van der Waals surface area contributed by atoms with Crippen molar-refractivity contribution in [3.63, 3.8) is 0 Å². The van der Waals surface area contributed by atoms with Gasteiger partial charge in [-0.05, 0) is 26.0 Å². The van der Waals surface area contributed by atoms with Crippen LogP contribution in [0.4, 0.5) is 11.6 Å². The number of hydrogen-bond donors (Lipinski definition) is 1. The number of amides is 1. The van der Waals surface area contributed by atoms with Crippen molar-refractivity contribution >= 4 is 17.5 Å². The Kier molecular flexibility index (Phi) is 4.93. The first kappa shape index (κ1) is 15.8. The summed E-state index contributed by atoms with van der Waals surface area (Å²) in [6.45, 7) is 3.63. The van der Waals surface area contributed by atoms with Gasteiger partial charge in [0, 0.05) is 14.1 Å². The summed E-state index contributed by atoms with van der Waals surface area (Å²) in [5.74, 6) is 1.04. The predicted octanol–water partition coefficient (Wildman–Crippen LogP) is 2.18. The van der Waals surface area contributed by atoms with E-state index in [1.807, 2.05) is 51.0 Å². The van der Waals surface area contributed by atoms with E-state index in [4.69, 9.17) is 4.74 Å². The van der Waals surface area contributed by atoms with E-state index in [0.29, 0.717) is 17.4 Å². The Morgan fingerprint density at radius 1 is 1.14 bits per heavy atom. The number of nitrogens with zero attached hydrogens (tertiary/aromatic N) is 3. The van der Waals surface area contributed by atoms with Crippen LogP contribution < -0.4 is 15.0 Å². The Morgan fingerprint density at radius 2 is 1.73 bits per heavy atom. The summed E-state index contributed by atoms with van der Waals surface area (Å²) in [6, 6.07) is 9.21. The quantitative estimate of drug-likeness (QED) is 0.916. The predicted molar refractivity (Wildman–Crippen MR) is 86.4 cm³/mol. The largest absolute Gasteiger partial charge is 0.484 e. The van der Waals surface area contributed by atoms with Crippen molar-refractivity contribution in [1.29, 1.82) is 0 Å². The van der Waals surface area contributed by atoms with Gasteiger partial charge in [0.15, 0.2) is 6.61 Å². The second-order valence-corrected chi connectivity index (χ2v) is 5.11. The zero-order valence-corrected chi connectivity index (χ0v) is 13.3. The molecule has 6 heteroatoms. The van der Waals surface area contributed by atoms with Crippen LogP contribution >= 0.6 is 0 Å². The second-order valence-electron chi connectivity index (χ2n) is 5.11. The van der Waals surface area contributed by atoms with E-state index in [-0.39, 0.29) is 12.5 Å². The standard InChI is InChI=1S/C16H20N4O2/c1-11-15(12(2)18-16(17-11)20(3)4)19-14(21)10-22-13-8-6-5-7-9-13/h5-9H,10H2,1-4H3,(H,19,21). The topological polar surface area (TPSA) is 67.4 Å². The van der Waals surface area contributed by atoms with E-state index < -0.39 is 0 Å².